The van der Waals surface area contributed by atoms with Gasteiger partial charge in [0.2, 0.25) is 0 Å². The molecule has 0 aliphatic heterocycles. The Kier molecular flexibility index (Phi) is 11.9. The van der Waals surface area contributed by atoms with E-state index in [1.165, 1.54) is 0 Å². The van der Waals surface area contributed by atoms with Crippen molar-refractivity contribution in [3.63, 3.8) is 0 Å². The molecule has 2 N–H and O–H groups in total. The summed E-state index contributed by atoms with van der Waals surface area (Å²) in [6, 6.07) is 7.37. The fourth-order valence-electron chi connectivity index (χ4n) is 1.84. The zero-order valence-electron chi connectivity index (χ0n) is 14.5. The number of guanidine groups is 1. The molecule has 7 heteroatoms. The van der Waals surface area contributed by atoms with Crippen LogP contribution in [-0.4, -0.2) is 59.1 Å². The second-order valence-corrected chi connectivity index (χ2v) is 5.39. The van der Waals surface area contributed by atoms with E-state index in [4.69, 9.17) is 25.8 Å². The van der Waals surface area contributed by atoms with Gasteiger partial charge in [-0.25, -0.2) is 0 Å². The van der Waals surface area contributed by atoms with Crippen LogP contribution in [0.5, 0.6) is 5.75 Å². The normalized spacial score (nSPS) is 11.4. The summed E-state index contributed by atoms with van der Waals surface area (Å²) in [5.74, 6) is 1.54. The van der Waals surface area contributed by atoms with Gasteiger partial charge in [-0.3, -0.25) is 4.99 Å². The van der Waals surface area contributed by atoms with Gasteiger partial charge in [0.1, 0.15) is 12.4 Å². The Balaban J connectivity index is 2.18. The fraction of sp³-hybridized carbons (Fsp3) is 0.588. The minimum Gasteiger partial charge on any atom is -0.492 e. The molecule has 0 aliphatic rings. The van der Waals surface area contributed by atoms with Gasteiger partial charge in [0.05, 0.1) is 19.8 Å². The zero-order valence-corrected chi connectivity index (χ0v) is 15.3. The highest BCUT2D eigenvalue weighted by molar-refractivity contribution is 6.30. The van der Waals surface area contributed by atoms with Gasteiger partial charge in [-0.15, -0.1) is 0 Å². The molecule has 1 aromatic rings. The van der Waals surface area contributed by atoms with Gasteiger partial charge in [-0.05, 0) is 31.5 Å². The number of nitrogens with zero attached hydrogens (tertiary/aromatic N) is 1. The van der Waals surface area contributed by atoms with Crippen molar-refractivity contribution in [2.75, 3.05) is 53.2 Å². The molecule has 0 unspecified atom stereocenters. The molecule has 0 aromatic heterocycles. The summed E-state index contributed by atoms with van der Waals surface area (Å²) in [5, 5.41) is 7.11. The van der Waals surface area contributed by atoms with E-state index >= 15 is 0 Å². The third-order valence-corrected chi connectivity index (χ3v) is 3.19. The summed E-state index contributed by atoms with van der Waals surface area (Å²) in [6.07, 6.45) is 0.874. The molecule has 0 heterocycles. The number of halogens is 1. The summed E-state index contributed by atoms with van der Waals surface area (Å²) in [5.41, 5.74) is 0. The minimum atomic E-state index is 0.533. The molecule has 136 valence electrons. The first kappa shape index (κ1) is 20.5. The Hall–Kier alpha value is -1.50. The Morgan fingerprint density at radius 3 is 2.79 bits per heavy atom. The molecule has 6 nitrogen and oxygen atoms in total. The second-order valence-electron chi connectivity index (χ2n) is 4.95. The van der Waals surface area contributed by atoms with Crippen molar-refractivity contribution in [3.05, 3.63) is 29.3 Å². The number of rotatable bonds is 12. The summed E-state index contributed by atoms with van der Waals surface area (Å²) in [6.45, 7) is 6.67. The van der Waals surface area contributed by atoms with Crippen LogP contribution >= 0.6 is 11.6 Å². The number of hydrogen-bond acceptors (Lipinski definition) is 4. The van der Waals surface area contributed by atoms with Crippen LogP contribution in [0.25, 0.3) is 0 Å². The van der Waals surface area contributed by atoms with Gasteiger partial charge in [-0.1, -0.05) is 17.7 Å². The van der Waals surface area contributed by atoms with Crippen molar-refractivity contribution >= 4 is 17.6 Å². The number of methoxy groups -OCH3 is 1. The maximum absolute atomic E-state index is 5.92. The second kappa shape index (κ2) is 13.9. The average Bonchev–Trinajstić information content (AvgIpc) is 2.58. The summed E-state index contributed by atoms with van der Waals surface area (Å²) < 4.78 is 16.0. The molecule has 0 saturated heterocycles. The number of ether oxygens (including phenoxy) is 3. The number of aliphatic imine (C=N–C) groups is 1. The summed E-state index contributed by atoms with van der Waals surface area (Å²) >= 11 is 5.92. The highest BCUT2D eigenvalue weighted by Crippen LogP contribution is 2.16. The van der Waals surface area contributed by atoms with E-state index in [-0.39, 0.29) is 0 Å². The fourth-order valence-corrected chi connectivity index (χ4v) is 2.02. The molecule has 1 aromatic carbocycles. The Morgan fingerprint density at radius 2 is 2.04 bits per heavy atom. The quantitative estimate of drug-likeness (QED) is 0.341. The van der Waals surface area contributed by atoms with Crippen LogP contribution in [0.2, 0.25) is 5.02 Å². The molecule has 0 aliphatic carbocycles. The topological polar surface area (TPSA) is 64.1 Å². The van der Waals surface area contributed by atoms with Crippen LogP contribution in [0.1, 0.15) is 13.3 Å². The zero-order chi connectivity index (χ0) is 17.5. The lowest BCUT2D eigenvalue weighted by Crippen LogP contribution is -2.39. The van der Waals surface area contributed by atoms with Crippen LogP contribution in [0, 0.1) is 0 Å². The first-order chi connectivity index (χ1) is 11.8. The Bertz CT molecular complexity index is 472. The van der Waals surface area contributed by atoms with Gasteiger partial charge in [-0.2, -0.15) is 0 Å². The van der Waals surface area contributed by atoms with Crippen molar-refractivity contribution in [1.29, 1.82) is 0 Å². The van der Waals surface area contributed by atoms with E-state index in [2.05, 4.69) is 15.6 Å². The van der Waals surface area contributed by atoms with E-state index in [0.717, 1.165) is 24.7 Å². The van der Waals surface area contributed by atoms with E-state index in [9.17, 15) is 0 Å². The number of benzene rings is 1. The lowest BCUT2D eigenvalue weighted by Gasteiger charge is -2.12. The third-order valence-electron chi connectivity index (χ3n) is 2.95. The van der Waals surface area contributed by atoms with E-state index in [1.807, 2.05) is 25.1 Å². The van der Waals surface area contributed by atoms with Crippen LogP contribution in [0.4, 0.5) is 0 Å². The van der Waals surface area contributed by atoms with Crippen molar-refractivity contribution < 1.29 is 14.2 Å². The average molecular weight is 358 g/mol. The molecule has 24 heavy (non-hydrogen) atoms. The standard InChI is InChI=1S/C17H28ClN3O3/c1-3-19-17(20-8-5-10-23-13-12-22-2)21-9-11-24-16-7-4-6-15(18)14-16/h4,6-7,14H,3,5,8-13H2,1-2H3,(H2,19,20,21). The van der Waals surface area contributed by atoms with Crippen LogP contribution in [-0.2, 0) is 9.47 Å². The van der Waals surface area contributed by atoms with Crippen molar-refractivity contribution in [1.82, 2.24) is 10.6 Å². The smallest absolute Gasteiger partial charge is 0.191 e. The lowest BCUT2D eigenvalue weighted by atomic mass is 10.3. The van der Waals surface area contributed by atoms with Gasteiger partial charge in [0.15, 0.2) is 5.96 Å². The Labute approximate surface area is 149 Å². The first-order valence-corrected chi connectivity index (χ1v) is 8.61. The number of hydrogen-bond donors (Lipinski definition) is 2. The highest BCUT2D eigenvalue weighted by atomic mass is 35.5. The third kappa shape index (κ3) is 10.3. The molecular weight excluding hydrogens is 330 g/mol. The Morgan fingerprint density at radius 1 is 1.17 bits per heavy atom. The monoisotopic (exact) mass is 357 g/mol. The van der Waals surface area contributed by atoms with Crippen molar-refractivity contribution in [3.8, 4) is 5.75 Å². The molecule has 0 saturated carbocycles. The molecular formula is C17H28ClN3O3. The number of nitrogens with one attached hydrogen (secondary N) is 2. The first-order valence-electron chi connectivity index (χ1n) is 8.23. The SMILES string of the molecule is CCNC(=NCCCOCCOC)NCCOc1cccc(Cl)c1. The van der Waals surface area contributed by atoms with E-state index in [1.54, 1.807) is 13.2 Å². The predicted molar refractivity (Wildman–Crippen MR) is 98.2 cm³/mol. The molecule has 0 atom stereocenters. The van der Waals surface area contributed by atoms with Crippen molar-refractivity contribution in [2.24, 2.45) is 4.99 Å². The molecule has 0 radical (unpaired) electrons. The van der Waals surface area contributed by atoms with E-state index in [0.29, 0.717) is 44.5 Å². The molecule has 0 amide bonds. The van der Waals surface area contributed by atoms with Crippen LogP contribution in [0.3, 0.4) is 0 Å². The predicted octanol–water partition coefficient (Wildman–Crippen LogP) is 2.33. The minimum absolute atomic E-state index is 0.533. The van der Waals surface area contributed by atoms with Crippen LogP contribution < -0.4 is 15.4 Å². The molecule has 1 rings (SSSR count). The van der Waals surface area contributed by atoms with Gasteiger partial charge in [0.25, 0.3) is 0 Å². The maximum atomic E-state index is 5.92. The van der Waals surface area contributed by atoms with Gasteiger partial charge < -0.3 is 24.8 Å². The summed E-state index contributed by atoms with van der Waals surface area (Å²) in [7, 11) is 1.66. The molecule has 0 bridgehead atoms. The molecule has 0 spiro atoms. The van der Waals surface area contributed by atoms with Crippen molar-refractivity contribution in [2.45, 2.75) is 13.3 Å². The maximum Gasteiger partial charge on any atom is 0.191 e. The summed E-state index contributed by atoms with van der Waals surface area (Å²) in [4.78, 5) is 4.50. The lowest BCUT2D eigenvalue weighted by molar-refractivity contribution is 0.0702. The van der Waals surface area contributed by atoms with Gasteiger partial charge in [0, 0.05) is 31.8 Å². The highest BCUT2D eigenvalue weighted by Gasteiger charge is 1.98. The van der Waals surface area contributed by atoms with Crippen LogP contribution in [0.15, 0.2) is 29.3 Å². The molecule has 0 fully saturated rings. The van der Waals surface area contributed by atoms with Gasteiger partial charge >= 0.3 is 0 Å². The largest absolute Gasteiger partial charge is 0.492 e. The van der Waals surface area contributed by atoms with E-state index < -0.39 is 0 Å².